The summed E-state index contributed by atoms with van der Waals surface area (Å²) in [6, 6.07) is 10.6. The summed E-state index contributed by atoms with van der Waals surface area (Å²) in [4.78, 5) is 1.42. The van der Waals surface area contributed by atoms with Crippen LogP contribution < -0.4 is 5.32 Å². The summed E-state index contributed by atoms with van der Waals surface area (Å²) in [7, 11) is 0. The maximum absolute atomic E-state index is 9.93. The van der Waals surface area contributed by atoms with Gasteiger partial charge < -0.3 is 10.4 Å². The predicted molar refractivity (Wildman–Crippen MR) is 91.2 cm³/mol. The molecule has 2 aromatic rings. The Balaban J connectivity index is 0.00000147. The lowest BCUT2D eigenvalue weighted by Crippen LogP contribution is -2.10. The number of benzene rings is 1. The topological polar surface area (TPSA) is 32.3 Å². The minimum atomic E-state index is -0.260. The lowest BCUT2D eigenvalue weighted by atomic mass is 9.89. The van der Waals surface area contributed by atoms with Crippen molar-refractivity contribution in [3.63, 3.8) is 0 Å². The van der Waals surface area contributed by atoms with Gasteiger partial charge in [0, 0.05) is 17.1 Å². The number of hydrogen-bond acceptors (Lipinski definition) is 3. The molecular weight excluding hydrogens is 334 g/mol. The summed E-state index contributed by atoms with van der Waals surface area (Å²) in [5.41, 5.74) is 3.60. The predicted octanol–water partition coefficient (Wildman–Crippen LogP) is 4.35. The molecule has 108 valence electrons. The van der Waals surface area contributed by atoms with E-state index in [1.54, 1.807) is 0 Å². The van der Waals surface area contributed by atoms with Crippen molar-refractivity contribution in [3.05, 3.63) is 51.7 Å². The van der Waals surface area contributed by atoms with E-state index in [0.29, 0.717) is 0 Å². The van der Waals surface area contributed by atoms with Crippen molar-refractivity contribution in [3.8, 4) is 0 Å². The van der Waals surface area contributed by atoms with Gasteiger partial charge in [0.25, 0.3) is 0 Å². The number of nitrogens with one attached hydrogen (secondary N) is 1. The van der Waals surface area contributed by atoms with Gasteiger partial charge in [-0.2, -0.15) is 0 Å². The highest BCUT2D eigenvalue weighted by molar-refractivity contribution is 8.93. The van der Waals surface area contributed by atoms with E-state index in [0.717, 1.165) is 37.8 Å². The SMILES string of the molecule is Br.O[C@H]1CCCc2cc(NCCc3cccs3)ccc21. The zero-order valence-corrected chi connectivity index (χ0v) is 13.9. The Morgan fingerprint density at radius 2 is 2.20 bits per heavy atom. The van der Waals surface area contributed by atoms with Crippen LogP contribution >= 0.6 is 28.3 Å². The standard InChI is InChI=1S/C16H19NOS.BrH/c18-16-5-1-3-12-11-13(6-7-15(12)16)17-9-8-14-4-2-10-19-14;/h2,4,6-7,10-11,16-18H,1,3,5,8-9H2;1H/t16-;/m0./s1. The Morgan fingerprint density at radius 1 is 1.30 bits per heavy atom. The second kappa shape index (κ2) is 7.25. The van der Waals surface area contributed by atoms with Gasteiger partial charge in [-0.1, -0.05) is 12.1 Å². The molecule has 0 fully saturated rings. The fraction of sp³-hybridized carbons (Fsp3) is 0.375. The molecule has 0 unspecified atom stereocenters. The number of fused-ring (bicyclic) bond motifs is 1. The highest BCUT2D eigenvalue weighted by Crippen LogP contribution is 2.31. The number of rotatable bonds is 4. The molecule has 0 radical (unpaired) electrons. The molecule has 0 saturated heterocycles. The van der Waals surface area contributed by atoms with Crippen LogP contribution in [0.25, 0.3) is 0 Å². The van der Waals surface area contributed by atoms with Crippen LogP contribution in [-0.2, 0) is 12.8 Å². The zero-order valence-electron chi connectivity index (χ0n) is 11.3. The number of anilines is 1. The van der Waals surface area contributed by atoms with Crippen molar-refractivity contribution in [2.45, 2.75) is 31.8 Å². The second-order valence-corrected chi connectivity index (χ2v) is 6.11. The van der Waals surface area contributed by atoms with Crippen LogP contribution in [0.4, 0.5) is 5.69 Å². The first-order valence-electron chi connectivity index (χ1n) is 6.90. The van der Waals surface area contributed by atoms with Gasteiger partial charge in [-0.3, -0.25) is 0 Å². The minimum absolute atomic E-state index is 0. The third kappa shape index (κ3) is 3.62. The van der Waals surface area contributed by atoms with Crippen molar-refractivity contribution in [2.24, 2.45) is 0 Å². The molecule has 0 saturated carbocycles. The molecule has 1 aromatic carbocycles. The molecule has 1 heterocycles. The van der Waals surface area contributed by atoms with Crippen molar-refractivity contribution in [1.82, 2.24) is 0 Å². The lowest BCUT2D eigenvalue weighted by Gasteiger charge is -2.22. The van der Waals surface area contributed by atoms with E-state index in [1.807, 2.05) is 11.3 Å². The first kappa shape index (κ1) is 15.5. The van der Waals surface area contributed by atoms with Gasteiger partial charge in [-0.05, 0) is 60.4 Å². The smallest absolute Gasteiger partial charge is 0.0792 e. The summed E-state index contributed by atoms with van der Waals surface area (Å²) >= 11 is 1.81. The van der Waals surface area contributed by atoms with Crippen LogP contribution in [0.2, 0.25) is 0 Å². The van der Waals surface area contributed by atoms with Gasteiger partial charge in [0.15, 0.2) is 0 Å². The average molecular weight is 354 g/mol. The third-order valence-electron chi connectivity index (χ3n) is 3.71. The highest BCUT2D eigenvalue weighted by Gasteiger charge is 2.17. The van der Waals surface area contributed by atoms with E-state index >= 15 is 0 Å². The van der Waals surface area contributed by atoms with E-state index in [4.69, 9.17) is 0 Å². The van der Waals surface area contributed by atoms with Crippen molar-refractivity contribution < 1.29 is 5.11 Å². The second-order valence-electron chi connectivity index (χ2n) is 5.08. The molecule has 1 aliphatic rings. The molecule has 0 bridgehead atoms. The number of hydrogen-bond donors (Lipinski definition) is 2. The molecular formula is C16H20BrNOS. The molecule has 20 heavy (non-hydrogen) atoms. The summed E-state index contributed by atoms with van der Waals surface area (Å²) in [6.45, 7) is 0.960. The van der Waals surface area contributed by atoms with E-state index in [1.165, 1.54) is 16.1 Å². The molecule has 4 heteroatoms. The number of halogens is 1. The first-order chi connectivity index (χ1) is 9.33. The zero-order chi connectivity index (χ0) is 13.1. The van der Waals surface area contributed by atoms with Gasteiger partial charge in [-0.15, -0.1) is 28.3 Å². The number of thiophene rings is 1. The molecule has 0 amide bonds. The third-order valence-corrected chi connectivity index (χ3v) is 4.64. The fourth-order valence-corrected chi connectivity index (χ4v) is 3.39. The Hall–Kier alpha value is -0.840. The van der Waals surface area contributed by atoms with Crippen molar-refractivity contribution >= 4 is 34.0 Å². The Bertz CT molecular complexity index is 541. The Labute approximate surface area is 134 Å². The van der Waals surface area contributed by atoms with Crippen LogP contribution in [0.15, 0.2) is 35.7 Å². The van der Waals surface area contributed by atoms with E-state index < -0.39 is 0 Å². The highest BCUT2D eigenvalue weighted by atomic mass is 79.9. The largest absolute Gasteiger partial charge is 0.388 e. The maximum Gasteiger partial charge on any atom is 0.0792 e. The van der Waals surface area contributed by atoms with Gasteiger partial charge in [0.2, 0.25) is 0 Å². The molecule has 0 aliphatic heterocycles. The number of aliphatic hydroxyl groups excluding tert-OH is 1. The normalized spacial score (nSPS) is 17.1. The van der Waals surface area contributed by atoms with Crippen LogP contribution in [0.1, 0.15) is 34.9 Å². The lowest BCUT2D eigenvalue weighted by molar-refractivity contribution is 0.156. The van der Waals surface area contributed by atoms with E-state index in [-0.39, 0.29) is 23.1 Å². The molecule has 2 nitrogen and oxygen atoms in total. The molecule has 3 rings (SSSR count). The van der Waals surface area contributed by atoms with Crippen LogP contribution in [-0.4, -0.2) is 11.7 Å². The quantitative estimate of drug-likeness (QED) is 0.856. The number of aliphatic hydroxyl groups is 1. The monoisotopic (exact) mass is 353 g/mol. The fourth-order valence-electron chi connectivity index (χ4n) is 2.68. The van der Waals surface area contributed by atoms with Gasteiger partial charge >= 0.3 is 0 Å². The van der Waals surface area contributed by atoms with Crippen LogP contribution in [0.3, 0.4) is 0 Å². The summed E-state index contributed by atoms with van der Waals surface area (Å²) in [6.07, 6.45) is 3.89. The average Bonchev–Trinajstić information content (AvgIpc) is 2.92. The summed E-state index contributed by atoms with van der Waals surface area (Å²) in [5.74, 6) is 0. The Morgan fingerprint density at radius 3 is 3.00 bits per heavy atom. The van der Waals surface area contributed by atoms with Crippen LogP contribution in [0.5, 0.6) is 0 Å². The number of aryl methyl sites for hydroxylation is 1. The summed E-state index contributed by atoms with van der Waals surface area (Å²) < 4.78 is 0. The van der Waals surface area contributed by atoms with Crippen LogP contribution in [0, 0.1) is 0 Å². The molecule has 0 spiro atoms. The van der Waals surface area contributed by atoms with E-state index in [9.17, 15) is 5.11 Å². The molecule has 1 aliphatic carbocycles. The van der Waals surface area contributed by atoms with Gasteiger partial charge in [-0.25, -0.2) is 0 Å². The molecule has 2 N–H and O–H groups in total. The first-order valence-corrected chi connectivity index (χ1v) is 7.78. The van der Waals surface area contributed by atoms with Gasteiger partial charge in [0.05, 0.1) is 6.10 Å². The minimum Gasteiger partial charge on any atom is -0.388 e. The molecule has 1 atom stereocenters. The summed E-state index contributed by atoms with van der Waals surface area (Å²) in [5, 5.41) is 15.5. The van der Waals surface area contributed by atoms with Crippen molar-refractivity contribution in [2.75, 3.05) is 11.9 Å². The Kier molecular flexibility index (Phi) is 5.64. The van der Waals surface area contributed by atoms with Gasteiger partial charge in [0.1, 0.15) is 0 Å². The maximum atomic E-state index is 9.93. The molecule has 1 aromatic heterocycles. The van der Waals surface area contributed by atoms with E-state index in [2.05, 4.69) is 41.0 Å². The van der Waals surface area contributed by atoms with Crippen molar-refractivity contribution in [1.29, 1.82) is 0 Å².